The van der Waals surface area contributed by atoms with Gasteiger partial charge in [0.15, 0.2) is 5.78 Å². The number of methoxy groups -OCH3 is 1. The monoisotopic (exact) mass is 206 g/mol. The van der Waals surface area contributed by atoms with Gasteiger partial charge < -0.3 is 4.74 Å². The van der Waals surface area contributed by atoms with E-state index in [4.69, 9.17) is 4.74 Å². The van der Waals surface area contributed by atoms with Gasteiger partial charge in [0.05, 0.1) is 0 Å². The van der Waals surface area contributed by atoms with Crippen LogP contribution in [0.2, 0.25) is 0 Å². The highest BCUT2D eigenvalue weighted by Gasteiger charge is 2.21. The Bertz CT molecular complexity index is 304. The molecule has 0 saturated carbocycles. The molecule has 2 nitrogen and oxygen atoms in total. The van der Waals surface area contributed by atoms with E-state index in [2.05, 4.69) is 0 Å². The van der Waals surface area contributed by atoms with Gasteiger partial charge in [0.2, 0.25) is 0 Å². The summed E-state index contributed by atoms with van der Waals surface area (Å²) in [4.78, 5) is 11.9. The molecule has 0 aliphatic rings. The maximum atomic E-state index is 11.9. The van der Waals surface area contributed by atoms with Crippen LogP contribution in [0.3, 0.4) is 0 Å². The minimum Gasteiger partial charge on any atom is -0.373 e. The van der Waals surface area contributed by atoms with Crippen LogP contribution >= 0.6 is 0 Å². The lowest BCUT2D eigenvalue weighted by Gasteiger charge is -2.17. The second-order valence-corrected chi connectivity index (χ2v) is 4.03. The molecule has 15 heavy (non-hydrogen) atoms. The van der Waals surface area contributed by atoms with E-state index in [0.717, 1.165) is 5.56 Å². The zero-order valence-electron chi connectivity index (χ0n) is 9.57. The number of ether oxygens (including phenoxy) is 1. The molecule has 0 fully saturated rings. The summed E-state index contributed by atoms with van der Waals surface area (Å²) in [5, 5.41) is 0. The summed E-state index contributed by atoms with van der Waals surface area (Å²) in [5.74, 6) is 0.380. The number of carbonyl (C=O) groups excluding carboxylic acids is 1. The first kappa shape index (κ1) is 11.9. The highest BCUT2D eigenvalue weighted by molar-refractivity contribution is 5.85. The van der Waals surface area contributed by atoms with E-state index in [1.54, 1.807) is 7.11 Å². The zero-order chi connectivity index (χ0) is 11.3. The summed E-state index contributed by atoms with van der Waals surface area (Å²) < 4.78 is 5.20. The maximum absolute atomic E-state index is 11.9. The standard InChI is InChI=1S/C13H18O2/c1-10(2)13(15-3)12(14)9-11-7-5-4-6-8-11/h4-8,10,13H,9H2,1-3H3. The molecule has 1 atom stereocenters. The van der Waals surface area contributed by atoms with Crippen molar-refractivity contribution in [3.8, 4) is 0 Å². The second kappa shape index (κ2) is 5.66. The molecular weight excluding hydrogens is 188 g/mol. The van der Waals surface area contributed by atoms with Crippen LogP contribution in [0, 0.1) is 5.92 Å². The summed E-state index contributed by atoms with van der Waals surface area (Å²) in [6.45, 7) is 3.99. The van der Waals surface area contributed by atoms with Crippen molar-refractivity contribution in [1.82, 2.24) is 0 Å². The van der Waals surface area contributed by atoms with Gasteiger partial charge in [0, 0.05) is 13.5 Å². The van der Waals surface area contributed by atoms with Gasteiger partial charge >= 0.3 is 0 Å². The number of hydrogen-bond acceptors (Lipinski definition) is 2. The number of benzene rings is 1. The molecule has 1 aromatic carbocycles. The first-order chi connectivity index (χ1) is 7.15. The molecule has 0 aliphatic heterocycles. The molecule has 0 aromatic heterocycles. The number of ketones is 1. The van der Waals surface area contributed by atoms with E-state index in [0.29, 0.717) is 6.42 Å². The zero-order valence-corrected chi connectivity index (χ0v) is 9.57. The van der Waals surface area contributed by atoms with Crippen LogP contribution in [0.15, 0.2) is 30.3 Å². The van der Waals surface area contributed by atoms with E-state index >= 15 is 0 Å². The summed E-state index contributed by atoms with van der Waals surface area (Å²) in [6, 6.07) is 9.76. The van der Waals surface area contributed by atoms with Crippen molar-refractivity contribution in [2.75, 3.05) is 7.11 Å². The third kappa shape index (κ3) is 3.48. The van der Waals surface area contributed by atoms with Gasteiger partial charge in [-0.15, -0.1) is 0 Å². The van der Waals surface area contributed by atoms with Crippen LogP contribution in [0.1, 0.15) is 19.4 Å². The number of carbonyl (C=O) groups is 1. The Labute approximate surface area is 91.3 Å². The molecule has 1 unspecified atom stereocenters. The van der Waals surface area contributed by atoms with Crippen molar-refractivity contribution in [1.29, 1.82) is 0 Å². The first-order valence-electron chi connectivity index (χ1n) is 5.24. The Morgan fingerprint density at radius 1 is 1.27 bits per heavy atom. The highest BCUT2D eigenvalue weighted by atomic mass is 16.5. The predicted octanol–water partition coefficient (Wildman–Crippen LogP) is 2.47. The van der Waals surface area contributed by atoms with Crippen LogP contribution in [0.4, 0.5) is 0 Å². The first-order valence-corrected chi connectivity index (χ1v) is 5.24. The fourth-order valence-electron chi connectivity index (χ4n) is 1.67. The smallest absolute Gasteiger partial charge is 0.166 e. The Morgan fingerprint density at radius 2 is 1.87 bits per heavy atom. The summed E-state index contributed by atoms with van der Waals surface area (Å²) in [7, 11) is 1.59. The molecule has 0 radical (unpaired) electrons. The molecule has 0 aliphatic carbocycles. The van der Waals surface area contributed by atoms with Gasteiger partial charge in [0.25, 0.3) is 0 Å². The molecule has 82 valence electrons. The molecule has 0 amide bonds. The van der Waals surface area contributed by atoms with E-state index < -0.39 is 0 Å². The van der Waals surface area contributed by atoms with Crippen LogP contribution in [-0.2, 0) is 16.0 Å². The maximum Gasteiger partial charge on any atom is 0.166 e. The van der Waals surface area contributed by atoms with Crippen molar-refractivity contribution in [3.05, 3.63) is 35.9 Å². The molecule has 0 saturated heterocycles. The fourth-order valence-corrected chi connectivity index (χ4v) is 1.67. The van der Waals surface area contributed by atoms with Crippen molar-refractivity contribution in [2.24, 2.45) is 5.92 Å². The summed E-state index contributed by atoms with van der Waals surface area (Å²) >= 11 is 0. The van der Waals surface area contributed by atoms with Gasteiger partial charge in [-0.2, -0.15) is 0 Å². The van der Waals surface area contributed by atoms with Gasteiger partial charge in [-0.25, -0.2) is 0 Å². The Balaban J connectivity index is 2.62. The third-order valence-corrected chi connectivity index (χ3v) is 2.40. The lowest BCUT2D eigenvalue weighted by molar-refractivity contribution is -0.130. The number of rotatable bonds is 5. The molecule has 0 spiro atoms. The third-order valence-electron chi connectivity index (χ3n) is 2.40. The predicted molar refractivity (Wildman–Crippen MR) is 60.8 cm³/mol. The van der Waals surface area contributed by atoms with Crippen LogP contribution in [-0.4, -0.2) is 19.0 Å². The van der Waals surface area contributed by atoms with E-state index in [1.165, 1.54) is 0 Å². The van der Waals surface area contributed by atoms with Gasteiger partial charge in [-0.1, -0.05) is 44.2 Å². The second-order valence-electron chi connectivity index (χ2n) is 4.03. The van der Waals surface area contributed by atoms with Crippen molar-refractivity contribution in [2.45, 2.75) is 26.4 Å². The Kier molecular flexibility index (Phi) is 4.50. The van der Waals surface area contributed by atoms with Crippen LogP contribution in [0.5, 0.6) is 0 Å². The number of hydrogen-bond donors (Lipinski definition) is 0. The largest absolute Gasteiger partial charge is 0.373 e. The van der Waals surface area contributed by atoms with Crippen LogP contribution < -0.4 is 0 Å². The average Bonchev–Trinajstić information content (AvgIpc) is 2.19. The lowest BCUT2D eigenvalue weighted by atomic mass is 9.98. The van der Waals surface area contributed by atoms with E-state index in [1.807, 2.05) is 44.2 Å². The fraction of sp³-hybridized carbons (Fsp3) is 0.462. The molecular formula is C13H18O2. The minimum absolute atomic E-state index is 0.152. The summed E-state index contributed by atoms with van der Waals surface area (Å²) in [5.41, 5.74) is 1.05. The SMILES string of the molecule is COC(C(=O)Cc1ccccc1)C(C)C. The lowest BCUT2D eigenvalue weighted by Crippen LogP contribution is -2.29. The van der Waals surface area contributed by atoms with Crippen molar-refractivity contribution < 1.29 is 9.53 Å². The Hall–Kier alpha value is -1.15. The summed E-state index contributed by atoms with van der Waals surface area (Å²) in [6.07, 6.45) is 0.169. The molecule has 1 rings (SSSR count). The normalized spacial score (nSPS) is 12.8. The molecule has 1 aromatic rings. The van der Waals surface area contributed by atoms with Crippen molar-refractivity contribution >= 4 is 5.78 Å². The molecule has 0 bridgehead atoms. The van der Waals surface area contributed by atoms with Gasteiger partial charge in [-0.3, -0.25) is 4.79 Å². The number of Topliss-reactive ketones (excluding diaryl/α,β-unsaturated/α-hetero) is 1. The van der Waals surface area contributed by atoms with Gasteiger partial charge in [-0.05, 0) is 11.5 Å². The highest BCUT2D eigenvalue weighted by Crippen LogP contribution is 2.10. The molecule has 2 heteroatoms. The van der Waals surface area contributed by atoms with Gasteiger partial charge in [0.1, 0.15) is 6.10 Å². The van der Waals surface area contributed by atoms with Crippen molar-refractivity contribution in [3.63, 3.8) is 0 Å². The molecule has 0 N–H and O–H groups in total. The minimum atomic E-state index is -0.287. The van der Waals surface area contributed by atoms with E-state index in [-0.39, 0.29) is 17.8 Å². The quantitative estimate of drug-likeness (QED) is 0.739. The average molecular weight is 206 g/mol. The van der Waals surface area contributed by atoms with Crippen LogP contribution in [0.25, 0.3) is 0 Å². The van der Waals surface area contributed by atoms with E-state index in [9.17, 15) is 4.79 Å². The Morgan fingerprint density at radius 3 is 2.33 bits per heavy atom. The molecule has 0 heterocycles. The topological polar surface area (TPSA) is 26.3 Å².